The Hall–Kier alpha value is -3.06. The van der Waals surface area contributed by atoms with Crippen LogP contribution in [0.1, 0.15) is 11.3 Å². The standard InChI is InChI=1S/C18H13ClFN5O/c1-10-3-5-12(6-4-10)17-21-18(26-23-17)16-11(2)25(24-22-16)13-7-8-15(20)14(19)9-13/h3-9H,1-2H3. The van der Waals surface area contributed by atoms with Crippen LogP contribution < -0.4 is 0 Å². The van der Waals surface area contributed by atoms with Gasteiger partial charge >= 0.3 is 0 Å². The lowest BCUT2D eigenvalue weighted by atomic mass is 10.1. The molecule has 26 heavy (non-hydrogen) atoms. The Bertz CT molecular complexity index is 1090. The van der Waals surface area contributed by atoms with E-state index in [-0.39, 0.29) is 10.9 Å². The highest BCUT2D eigenvalue weighted by atomic mass is 35.5. The summed E-state index contributed by atoms with van der Waals surface area (Å²) in [5, 5.41) is 12.2. The lowest BCUT2D eigenvalue weighted by Gasteiger charge is -2.04. The van der Waals surface area contributed by atoms with Gasteiger partial charge in [-0.15, -0.1) is 5.10 Å². The molecule has 0 aliphatic rings. The first-order chi connectivity index (χ1) is 12.5. The second-order valence-electron chi connectivity index (χ2n) is 5.82. The molecular formula is C18H13ClFN5O. The van der Waals surface area contributed by atoms with Gasteiger partial charge in [-0.25, -0.2) is 9.07 Å². The number of rotatable bonds is 3. The van der Waals surface area contributed by atoms with Gasteiger partial charge in [-0.05, 0) is 32.0 Å². The van der Waals surface area contributed by atoms with Crippen LogP contribution in [-0.2, 0) is 0 Å². The van der Waals surface area contributed by atoms with Crippen molar-refractivity contribution in [3.8, 4) is 28.7 Å². The lowest BCUT2D eigenvalue weighted by molar-refractivity contribution is 0.430. The molecule has 0 atom stereocenters. The number of nitrogens with zero attached hydrogens (tertiary/aromatic N) is 5. The van der Waals surface area contributed by atoms with Gasteiger partial charge in [0.1, 0.15) is 5.82 Å². The Morgan fingerprint density at radius 3 is 2.58 bits per heavy atom. The predicted molar refractivity (Wildman–Crippen MR) is 94.5 cm³/mol. The van der Waals surface area contributed by atoms with Crippen molar-refractivity contribution in [3.63, 3.8) is 0 Å². The summed E-state index contributed by atoms with van der Waals surface area (Å²) in [4.78, 5) is 4.40. The van der Waals surface area contributed by atoms with Gasteiger partial charge in [0.05, 0.1) is 16.4 Å². The van der Waals surface area contributed by atoms with Crippen LogP contribution in [0.4, 0.5) is 4.39 Å². The normalized spacial score (nSPS) is 11.1. The number of hydrogen-bond acceptors (Lipinski definition) is 5. The first-order valence-electron chi connectivity index (χ1n) is 7.82. The van der Waals surface area contributed by atoms with Crippen LogP contribution in [0.15, 0.2) is 47.0 Å². The summed E-state index contributed by atoms with van der Waals surface area (Å²) in [6.07, 6.45) is 0. The molecule has 0 unspecified atom stereocenters. The molecule has 0 saturated carbocycles. The summed E-state index contributed by atoms with van der Waals surface area (Å²) in [6, 6.07) is 12.1. The summed E-state index contributed by atoms with van der Waals surface area (Å²) in [5.74, 6) is 0.240. The topological polar surface area (TPSA) is 69.6 Å². The van der Waals surface area contributed by atoms with E-state index in [4.69, 9.17) is 16.1 Å². The third kappa shape index (κ3) is 2.86. The van der Waals surface area contributed by atoms with Crippen LogP contribution in [0.25, 0.3) is 28.7 Å². The van der Waals surface area contributed by atoms with Crippen molar-refractivity contribution >= 4 is 11.6 Å². The zero-order valence-corrected chi connectivity index (χ0v) is 14.7. The van der Waals surface area contributed by atoms with Gasteiger partial charge in [0.25, 0.3) is 5.89 Å². The molecule has 0 N–H and O–H groups in total. The van der Waals surface area contributed by atoms with Crippen LogP contribution in [0, 0.1) is 19.7 Å². The van der Waals surface area contributed by atoms with Gasteiger partial charge in [0.2, 0.25) is 5.82 Å². The second-order valence-corrected chi connectivity index (χ2v) is 6.23. The van der Waals surface area contributed by atoms with E-state index in [9.17, 15) is 4.39 Å². The molecule has 0 fully saturated rings. The molecule has 0 aliphatic heterocycles. The quantitative estimate of drug-likeness (QED) is 0.535. The average molecular weight is 370 g/mol. The summed E-state index contributed by atoms with van der Waals surface area (Å²) in [5.41, 5.74) is 3.71. The number of aryl methyl sites for hydroxylation is 1. The molecule has 8 heteroatoms. The maximum atomic E-state index is 13.4. The molecule has 0 aliphatic carbocycles. The fourth-order valence-electron chi connectivity index (χ4n) is 2.53. The number of aromatic nitrogens is 5. The van der Waals surface area contributed by atoms with Crippen molar-refractivity contribution in [1.29, 1.82) is 0 Å². The molecule has 6 nitrogen and oxygen atoms in total. The molecule has 0 amide bonds. The van der Waals surface area contributed by atoms with Crippen molar-refractivity contribution in [3.05, 3.63) is 64.6 Å². The van der Waals surface area contributed by atoms with Gasteiger partial charge in [-0.2, -0.15) is 4.98 Å². The van der Waals surface area contributed by atoms with Gasteiger partial charge in [0.15, 0.2) is 5.69 Å². The van der Waals surface area contributed by atoms with E-state index in [0.29, 0.717) is 22.9 Å². The highest BCUT2D eigenvalue weighted by Crippen LogP contribution is 2.26. The zero-order valence-electron chi connectivity index (χ0n) is 13.9. The van der Waals surface area contributed by atoms with Crippen molar-refractivity contribution < 1.29 is 8.91 Å². The highest BCUT2D eigenvalue weighted by molar-refractivity contribution is 6.30. The van der Waals surface area contributed by atoms with Crippen LogP contribution in [-0.4, -0.2) is 25.1 Å². The predicted octanol–water partition coefficient (Wildman–Crippen LogP) is 4.39. The van der Waals surface area contributed by atoms with Gasteiger partial charge in [0, 0.05) is 5.56 Å². The highest BCUT2D eigenvalue weighted by Gasteiger charge is 2.19. The zero-order chi connectivity index (χ0) is 18.3. The number of benzene rings is 2. The van der Waals surface area contributed by atoms with Crippen LogP contribution in [0.2, 0.25) is 5.02 Å². The molecule has 4 aromatic rings. The minimum absolute atomic E-state index is 0.0124. The molecule has 0 spiro atoms. The van der Waals surface area contributed by atoms with E-state index < -0.39 is 5.82 Å². The van der Waals surface area contributed by atoms with E-state index >= 15 is 0 Å². The molecule has 2 aromatic heterocycles. The minimum Gasteiger partial charge on any atom is -0.332 e. The van der Waals surface area contributed by atoms with Gasteiger partial charge in [-0.3, -0.25) is 0 Å². The van der Waals surface area contributed by atoms with Crippen molar-refractivity contribution in [2.75, 3.05) is 0 Å². The first-order valence-corrected chi connectivity index (χ1v) is 8.19. The Morgan fingerprint density at radius 2 is 1.85 bits per heavy atom. The van der Waals surface area contributed by atoms with Crippen LogP contribution in [0.3, 0.4) is 0 Å². The second kappa shape index (κ2) is 6.34. The molecule has 2 aromatic carbocycles. The molecule has 0 saturated heterocycles. The van der Waals surface area contributed by atoms with Crippen LogP contribution in [0.5, 0.6) is 0 Å². The van der Waals surface area contributed by atoms with Crippen LogP contribution >= 0.6 is 11.6 Å². The maximum absolute atomic E-state index is 13.4. The number of hydrogen-bond donors (Lipinski definition) is 0. The average Bonchev–Trinajstić information content (AvgIpc) is 3.25. The Balaban J connectivity index is 1.70. The smallest absolute Gasteiger partial charge is 0.280 e. The lowest BCUT2D eigenvalue weighted by Crippen LogP contribution is -1.99. The summed E-state index contributed by atoms with van der Waals surface area (Å²) in [7, 11) is 0. The molecule has 130 valence electrons. The SMILES string of the molecule is Cc1ccc(-c2noc(-c3nnn(-c4ccc(F)c(Cl)c4)c3C)n2)cc1. The Kier molecular flexibility index (Phi) is 4.00. The number of halogens is 2. The van der Waals surface area contributed by atoms with Crippen molar-refractivity contribution in [2.24, 2.45) is 0 Å². The van der Waals surface area contributed by atoms with Gasteiger partial charge < -0.3 is 4.52 Å². The minimum atomic E-state index is -0.493. The van der Waals surface area contributed by atoms with Crippen molar-refractivity contribution in [2.45, 2.75) is 13.8 Å². The molecule has 0 radical (unpaired) electrons. The molecular weight excluding hydrogens is 357 g/mol. The Morgan fingerprint density at radius 1 is 1.08 bits per heavy atom. The van der Waals surface area contributed by atoms with Crippen molar-refractivity contribution in [1.82, 2.24) is 25.1 Å². The molecule has 4 rings (SSSR count). The first kappa shape index (κ1) is 16.4. The van der Waals surface area contributed by atoms with E-state index in [2.05, 4.69) is 20.5 Å². The fraction of sp³-hybridized carbons (Fsp3) is 0.111. The van der Waals surface area contributed by atoms with Gasteiger partial charge in [-0.1, -0.05) is 51.8 Å². The summed E-state index contributed by atoms with van der Waals surface area (Å²) in [6.45, 7) is 3.82. The van der Waals surface area contributed by atoms with E-state index in [0.717, 1.165) is 11.1 Å². The van der Waals surface area contributed by atoms with E-state index in [1.807, 2.05) is 38.1 Å². The largest absolute Gasteiger partial charge is 0.332 e. The summed E-state index contributed by atoms with van der Waals surface area (Å²) < 4.78 is 20.2. The third-order valence-electron chi connectivity index (χ3n) is 3.98. The third-order valence-corrected chi connectivity index (χ3v) is 4.27. The van der Waals surface area contributed by atoms with E-state index in [1.165, 1.54) is 16.8 Å². The van der Waals surface area contributed by atoms with E-state index in [1.54, 1.807) is 6.07 Å². The monoisotopic (exact) mass is 369 g/mol. The maximum Gasteiger partial charge on any atom is 0.280 e. The summed E-state index contributed by atoms with van der Waals surface area (Å²) >= 11 is 5.84. The molecule has 0 bridgehead atoms. The molecule has 2 heterocycles. The fourth-order valence-corrected chi connectivity index (χ4v) is 2.70. The Labute approximate surface area is 153 Å².